The molecule has 1 fully saturated rings. The molecular formula is C18H20N2O3. The van der Waals surface area contributed by atoms with Crippen LogP contribution in [0.5, 0.6) is 0 Å². The molecule has 1 unspecified atom stereocenters. The van der Waals surface area contributed by atoms with Gasteiger partial charge in [-0.15, -0.1) is 0 Å². The Hall–Kier alpha value is -2.43. The fourth-order valence-electron chi connectivity index (χ4n) is 3.16. The highest BCUT2D eigenvalue weighted by Gasteiger charge is 2.25. The Balaban J connectivity index is 1.71. The molecule has 5 nitrogen and oxygen atoms in total. The first kappa shape index (κ1) is 15.5. The van der Waals surface area contributed by atoms with Crippen molar-refractivity contribution in [3.05, 3.63) is 42.1 Å². The standard InChI is InChI=1S/C18H20N2O3/c21-17(22)10-7-13-4-3-11-20(12-13)18(23)16-9-8-14-5-1-2-6-15(14)19-16/h1-2,5-6,8-9,13H,3-4,7,10-12H2,(H,21,22). The highest BCUT2D eigenvalue weighted by molar-refractivity contribution is 5.95. The Morgan fingerprint density at radius 3 is 2.87 bits per heavy atom. The lowest BCUT2D eigenvalue weighted by molar-refractivity contribution is -0.137. The Labute approximate surface area is 134 Å². The number of likely N-dealkylation sites (tertiary alicyclic amines) is 1. The molecule has 1 aliphatic rings. The summed E-state index contributed by atoms with van der Waals surface area (Å²) in [7, 11) is 0. The van der Waals surface area contributed by atoms with Crippen molar-refractivity contribution in [1.82, 2.24) is 9.88 Å². The molecule has 1 N–H and O–H groups in total. The summed E-state index contributed by atoms with van der Waals surface area (Å²) in [4.78, 5) is 29.7. The van der Waals surface area contributed by atoms with Crippen LogP contribution in [0.2, 0.25) is 0 Å². The number of nitrogens with zero attached hydrogens (tertiary/aromatic N) is 2. The van der Waals surface area contributed by atoms with Crippen LogP contribution in [-0.4, -0.2) is 40.0 Å². The molecule has 0 radical (unpaired) electrons. The van der Waals surface area contributed by atoms with Crippen LogP contribution in [0.4, 0.5) is 0 Å². The first-order valence-electron chi connectivity index (χ1n) is 8.00. The van der Waals surface area contributed by atoms with Crippen LogP contribution >= 0.6 is 0 Å². The monoisotopic (exact) mass is 312 g/mol. The number of carboxylic acids is 1. The third kappa shape index (κ3) is 3.67. The fraction of sp³-hybridized carbons (Fsp3) is 0.389. The van der Waals surface area contributed by atoms with E-state index in [1.54, 1.807) is 6.07 Å². The maximum atomic E-state index is 12.7. The molecule has 120 valence electrons. The third-order valence-electron chi connectivity index (χ3n) is 4.39. The molecule has 5 heteroatoms. The van der Waals surface area contributed by atoms with Gasteiger partial charge in [-0.05, 0) is 37.3 Å². The van der Waals surface area contributed by atoms with E-state index >= 15 is 0 Å². The van der Waals surface area contributed by atoms with Gasteiger partial charge in [-0.25, -0.2) is 4.98 Å². The fourth-order valence-corrected chi connectivity index (χ4v) is 3.16. The van der Waals surface area contributed by atoms with Crippen LogP contribution in [0, 0.1) is 5.92 Å². The molecule has 2 aromatic rings. The number of carbonyl (C=O) groups excluding carboxylic acids is 1. The van der Waals surface area contributed by atoms with E-state index in [1.807, 2.05) is 35.2 Å². The number of para-hydroxylation sites is 1. The first-order valence-corrected chi connectivity index (χ1v) is 8.00. The molecule has 23 heavy (non-hydrogen) atoms. The SMILES string of the molecule is O=C(O)CCC1CCCN(C(=O)c2ccc3ccccc3n2)C1. The van der Waals surface area contributed by atoms with Crippen molar-refractivity contribution < 1.29 is 14.7 Å². The number of aromatic nitrogens is 1. The van der Waals surface area contributed by atoms with Crippen molar-refractivity contribution in [3.63, 3.8) is 0 Å². The largest absolute Gasteiger partial charge is 0.481 e. The molecule has 1 aromatic carbocycles. The zero-order chi connectivity index (χ0) is 16.2. The molecule has 2 heterocycles. The number of carboxylic acid groups (broad SMARTS) is 1. The van der Waals surface area contributed by atoms with E-state index in [-0.39, 0.29) is 18.2 Å². The van der Waals surface area contributed by atoms with E-state index < -0.39 is 5.97 Å². The van der Waals surface area contributed by atoms with Crippen molar-refractivity contribution in [2.24, 2.45) is 5.92 Å². The average molecular weight is 312 g/mol. The number of aliphatic carboxylic acids is 1. The van der Waals surface area contributed by atoms with Gasteiger partial charge >= 0.3 is 5.97 Å². The maximum Gasteiger partial charge on any atom is 0.303 e. The summed E-state index contributed by atoms with van der Waals surface area (Å²) in [5, 5.41) is 9.82. The van der Waals surface area contributed by atoms with Crippen LogP contribution in [0.3, 0.4) is 0 Å². The lowest BCUT2D eigenvalue weighted by Gasteiger charge is -2.32. The molecular weight excluding hydrogens is 292 g/mol. The second-order valence-electron chi connectivity index (χ2n) is 6.08. The van der Waals surface area contributed by atoms with E-state index in [9.17, 15) is 9.59 Å². The number of piperidine rings is 1. The molecule has 0 spiro atoms. The number of hydrogen-bond donors (Lipinski definition) is 1. The summed E-state index contributed by atoms with van der Waals surface area (Å²) in [6.07, 6.45) is 2.71. The van der Waals surface area contributed by atoms with Gasteiger partial charge in [0.25, 0.3) is 5.91 Å². The van der Waals surface area contributed by atoms with Gasteiger partial charge in [0.15, 0.2) is 0 Å². The van der Waals surface area contributed by atoms with E-state index in [0.29, 0.717) is 18.7 Å². The van der Waals surface area contributed by atoms with Crippen LogP contribution in [0.25, 0.3) is 10.9 Å². The summed E-state index contributed by atoms with van der Waals surface area (Å²) in [5.74, 6) is -0.565. The quantitative estimate of drug-likeness (QED) is 0.942. The number of carbonyl (C=O) groups is 2. The van der Waals surface area contributed by atoms with Gasteiger partial charge in [-0.1, -0.05) is 24.3 Å². The number of amides is 1. The predicted octanol–water partition coefficient (Wildman–Crippen LogP) is 2.95. The second-order valence-corrected chi connectivity index (χ2v) is 6.08. The first-order chi connectivity index (χ1) is 11.1. The zero-order valence-corrected chi connectivity index (χ0v) is 12.9. The minimum absolute atomic E-state index is 0.0595. The van der Waals surface area contributed by atoms with Crippen LogP contribution in [0.1, 0.15) is 36.2 Å². The normalized spacial score (nSPS) is 18.1. The summed E-state index contributed by atoms with van der Waals surface area (Å²) in [5.41, 5.74) is 1.28. The molecule has 1 amide bonds. The Bertz CT molecular complexity index is 729. The summed E-state index contributed by atoms with van der Waals surface area (Å²) in [6, 6.07) is 11.4. The second kappa shape index (κ2) is 6.77. The summed E-state index contributed by atoms with van der Waals surface area (Å²) < 4.78 is 0. The molecule has 1 aliphatic heterocycles. The lowest BCUT2D eigenvalue weighted by atomic mass is 9.93. The number of pyridine rings is 1. The van der Waals surface area contributed by atoms with E-state index in [1.165, 1.54) is 0 Å². The van der Waals surface area contributed by atoms with Crippen molar-refractivity contribution in [1.29, 1.82) is 0 Å². The molecule has 3 rings (SSSR count). The number of hydrogen-bond acceptors (Lipinski definition) is 3. The topological polar surface area (TPSA) is 70.5 Å². The van der Waals surface area contributed by atoms with Gasteiger partial charge < -0.3 is 10.0 Å². The smallest absolute Gasteiger partial charge is 0.303 e. The summed E-state index contributed by atoms with van der Waals surface area (Å²) >= 11 is 0. The van der Waals surface area contributed by atoms with Gasteiger partial charge in [0.1, 0.15) is 5.69 Å². The predicted molar refractivity (Wildman–Crippen MR) is 87.2 cm³/mol. The average Bonchev–Trinajstić information content (AvgIpc) is 2.59. The zero-order valence-electron chi connectivity index (χ0n) is 12.9. The van der Waals surface area contributed by atoms with E-state index in [0.717, 1.165) is 30.3 Å². The Kier molecular flexibility index (Phi) is 4.55. The minimum Gasteiger partial charge on any atom is -0.481 e. The minimum atomic E-state index is -0.773. The molecule has 1 aromatic heterocycles. The molecule has 0 saturated carbocycles. The van der Waals surface area contributed by atoms with Crippen LogP contribution in [0.15, 0.2) is 36.4 Å². The lowest BCUT2D eigenvalue weighted by Crippen LogP contribution is -2.40. The van der Waals surface area contributed by atoms with E-state index in [2.05, 4.69) is 4.98 Å². The molecule has 1 saturated heterocycles. The van der Waals surface area contributed by atoms with Crippen molar-refractivity contribution in [3.8, 4) is 0 Å². The van der Waals surface area contributed by atoms with Crippen molar-refractivity contribution >= 4 is 22.8 Å². The highest BCUT2D eigenvalue weighted by Crippen LogP contribution is 2.22. The van der Waals surface area contributed by atoms with Gasteiger partial charge in [-0.3, -0.25) is 9.59 Å². The van der Waals surface area contributed by atoms with Gasteiger partial charge in [0.05, 0.1) is 5.52 Å². The number of rotatable bonds is 4. The Morgan fingerprint density at radius 2 is 2.04 bits per heavy atom. The number of fused-ring (bicyclic) bond motifs is 1. The highest BCUT2D eigenvalue weighted by atomic mass is 16.4. The van der Waals surface area contributed by atoms with Crippen LogP contribution in [-0.2, 0) is 4.79 Å². The third-order valence-corrected chi connectivity index (χ3v) is 4.39. The number of benzene rings is 1. The van der Waals surface area contributed by atoms with E-state index in [4.69, 9.17) is 5.11 Å². The molecule has 0 aliphatic carbocycles. The summed E-state index contributed by atoms with van der Waals surface area (Å²) in [6.45, 7) is 1.34. The Morgan fingerprint density at radius 1 is 1.22 bits per heavy atom. The van der Waals surface area contributed by atoms with Gasteiger partial charge in [0.2, 0.25) is 0 Å². The molecule has 0 bridgehead atoms. The van der Waals surface area contributed by atoms with Crippen LogP contribution < -0.4 is 0 Å². The maximum absolute atomic E-state index is 12.7. The van der Waals surface area contributed by atoms with Gasteiger partial charge in [-0.2, -0.15) is 0 Å². The van der Waals surface area contributed by atoms with Gasteiger partial charge in [0, 0.05) is 24.9 Å². The van der Waals surface area contributed by atoms with Crippen molar-refractivity contribution in [2.75, 3.05) is 13.1 Å². The van der Waals surface area contributed by atoms with Crippen molar-refractivity contribution in [2.45, 2.75) is 25.7 Å². The molecule has 1 atom stereocenters.